The summed E-state index contributed by atoms with van der Waals surface area (Å²) < 4.78 is 13.7. The second-order valence-electron chi connectivity index (χ2n) is 3.84. The molecule has 2 rings (SSSR count). The molecule has 0 spiro atoms. The maximum absolute atomic E-state index is 13.7. The highest BCUT2D eigenvalue weighted by Crippen LogP contribution is 2.24. The van der Waals surface area contributed by atoms with Crippen molar-refractivity contribution in [3.8, 4) is 0 Å². The molecule has 0 saturated carbocycles. The molecule has 0 aliphatic rings. The van der Waals surface area contributed by atoms with Gasteiger partial charge in [-0.15, -0.1) is 0 Å². The number of nitrogens with one attached hydrogen (secondary N) is 1. The zero-order valence-corrected chi connectivity index (χ0v) is 9.64. The van der Waals surface area contributed by atoms with E-state index in [9.17, 15) is 9.18 Å². The van der Waals surface area contributed by atoms with E-state index in [2.05, 4.69) is 10.3 Å². The Labute approximate surface area is 103 Å². The van der Waals surface area contributed by atoms with Gasteiger partial charge in [-0.2, -0.15) is 0 Å². The Morgan fingerprint density at radius 3 is 2.83 bits per heavy atom. The van der Waals surface area contributed by atoms with Gasteiger partial charge in [0.1, 0.15) is 5.82 Å². The molecule has 4 nitrogen and oxygen atoms in total. The number of halogens is 1. The number of aromatic nitrogens is 1. The highest BCUT2D eigenvalue weighted by molar-refractivity contribution is 5.95. The zero-order chi connectivity index (χ0) is 13.1. The highest BCUT2D eigenvalue weighted by Gasteiger charge is 2.14. The molecule has 2 N–H and O–H groups in total. The molecule has 0 bridgehead atoms. The van der Waals surface area contributed by atoms with Crippen molar-refractivity contribution in [3.05, 3.63) is 53.6 Å². The molecule has 0 aliphatic heterocycles. The van der Waals surface area contributed by atoms with Crippen LogP contribution in [0.15, 0.2) is 36.7 Å². The van der Waals surface area contributed by atoms with Crippen molar-refractivity contribution in [2.24, 2.45) is 0 Å². The smallest absolute Gasteiger partial charge is 0.337 e. The minimum atomic E-state index is -1.18. The Hall–Kier alpha value is -2.43. The summed E-state index contributed by atoms with van der Waals surface area (Å²) in [6, 6.07) is 5.67. The van der Waals surface area contributed by atoms with Crippen LogP contribution in [0.2, 0.25) is 0 Å². The van der Waals surface area contributed by atoms with Crippen molar-refractivity contribution in [2.75, 3.05) is 5.32 Å². The molecule has 0 amide bonds. The minimum absolute atomic E-state index is 0.0580. The van der Waals surface area contributed by atoms with Gasteiger partial charge in [-0.05, 0) is 30.7 Å². The molecular formula is C13H11FN2O2. The molecule has 18 heavy (non-hydrogen) atoms. The van der Waals surface area contributed by atoms with Crippen LogP contribution in [0.3, 0.4) is 0 Å². The van der Waals surface area contributed by atoms with Crippen LogP contribution in [-0.4, -0.2) is 16.1 Å². The molecule has 1 aromatic carbocycles. The monoisotopic (exact) mass is 246 g/mol. The predicted molar refractivity (Wildman–Crippen MR) is 65.6 cm³/mol. The van der Waals surface area contributed by atoms with Gasteiger partial charge in [0.2, 0.25) is 0 Å². The van der Waals surface area contributed by atoms with Gasteiger partial charge in [0.15, 0.2) is 0 Å². The first-order chi connectivity index (χ1) is 8.58. The lowest BCUT2D eigenvalue weighted by Gasteiger charge is -2.10. The third-order valence-corrected chi connectivity index (χ3v) is 2.39. The molecule has 0 aliphatic carbocycles. The van der Waals surface area contributed by atoms with E-state index in [1.165, 1.54) is 24.4 Å². The van der Waals surface area contributed by atoms with Crippen molar-refractivity contribution in [1.82, 2.24) is 4.98 Å². The number of rotatable bonds is 3. The number of carboxylic acid groups (broad SMARTS) is 1. The summed E-state index contributed by atoms with van der Waals surface area (Å²) in [5.74, 6) is -1.80. The molecular weight excluding hydrogens is 235 g/mol. The molecule has 92 valence electrons. The van der Waals surface area contributed by atoms with Crippen LogP contribution in [0.5, 0.6) is 0 Å². The summed E-state index contributed by atoms with van der Waals surface area (Å²) in [5, 5.41) is 11.7. The number of benzene rings is 1. The number of pyridine rings is 1. The molecule has 0 saturated heterocycles. The number of aromatic carboxylic acids is 1. The van der Waals surface area contributed by atoms with Crippen LogP contribution in [0.4, 0.5) is 15.8 Å². The Bertz CT molecular complexity index is 599. The molecule has 0 unspecified atom stereocenters. The first kappa shape index (κ1) is 12.0. The largest absolute Gasteiger partial charge is 0.478 e. The lowest BCUT2D eigenvalue weighted by molar-refractivity contribution is 0.0697. The van der Waals surface area contributed by atoms with E-state index in [4.69, 9.17) is 5.11 Å². The van der Waals surface area contributed by atoms with Gasteiger partial charge in [-0.1, -0.05) is 6.07 Å². The normalized spacial score (nSPS) is 10.1. The summed E-state index contributed by atoms with van der Waals surface area (Å²) in [6.45, 7) is 1.84. The van der Waals surface area contributed by atoms with Crippen LogP contribution in [0, 0.1) is 12.7 Å². The fourth-order valence-electron chi connectivity index (χ4n) is 1.60. The lowest BCUT2D eigenvalue weighted by atomic mass is 10.1. The third kappa shape index (κ3) is 2.45. The Balaban J connectivity index is 2.42. The molecule has 0 fully saturated rings. The van der Waals surface area contributed by atoms with Gasteiger partial charge in [-0.25, -0.2) is 9.18 Å². The number of carboxylic acids is 1. The van der Waals surface area contributed by atoms with E-state index >= 15 is 0 Å². The van der Waals surface area contributed by atoms with Crippen molar-refractivity contribution >= 4 is 17.3 Å². The number of hydrogen-bond donors (Lipinski definition) is 2. The third-order valence-electron chi connectivity index (χ3n) is 2.39. The Morgan fingerprint density at radius 2 is 2.17 bits per heavy atom. The maximum Gasteiger partial charge on any atom is 0.337 e. The number of aryl methyl sites for hydroxylation is 1. The van der Waals surface area contributed by atoms with E-state index in [0.717, 1.165) is 5.56 Å². The van der Waals surface area contributed by atoms with E-state index in [0.29, 0.717) is 5.69 Å². The Kier molecular flexibility index (Phi) is 3.23. The summed E-state index contributed by atoms with van der Waals surface area (Å²) in [4.78, 5) is 15.0. The van der Waals surface area contributed by atoms with Crippen LogP contribution >= 0.6 is 0 Å². The average molecular weight is 246 g/mol. The second kappa shape index (κ2) is 4.83. The molecule has 1 aromatic heterocycles. The van der Waals surface area contributed by atoms with Gasteiger partial charge in [0.25, 0.3) is 0 Å². The maximum atomic E-state index is 13.7. The van der Waals surface area contributed by atoms with Crippen molar-refractivity contribution in [2.45, 2.75) is 6.92 Å². The average Bonchev–Trinajstić information content (AvgIpc) is 2.31. The highest BCUT2D eigenvalue weighted by atomic mass is 19.1. The minimum Gasteiger partial charge on any atom is -0.478 e. The van der Waals surface area contributed by atoms with Crippen LogP contribution in [0.25, 0.3) is 0 Å². The summed E-state index contributed by atoms with van der Waals surface area (Å²) in [5.41, 5.74) is 1.27. The van der Waals surface area contributed by atoms with E-state index in [-0.39, 0.29) is 11.3 Å². The van der Waals surface area contributed by atoms with Crippen molar-refractivity contribution < 1.29 is 14.3 Å². The van der Waals surface area contributed by atoms with E-state index < -0.39 is 11.8 Å². The van der Waals surface area contributed by atoms with Crippen LogP contribution in [0.1, 0.15) is 15.9 Å². The second-order valence-corrected chi connectivity index (χ2v) is 3.84. The molecule has 0 radical (unpaired) electrons. The quantitative estimate of drug-likeness (QED) is 0.874. The number of anilines is 2. The molecule has 2 aromatic rings. The SMILES string of the molecule is Cc1cncc(Nc2c(F)cccc2C(=O)O)c1. The van der Waals surface area contributed by atoms with Crippen molar-refractivity contribution in [1.29, 1.82) is 0 Å². The molecule has 0 atom stereocenters. The van der Waals surface area contributed by atoms with Crippen molar-refractivity contribution in [3.63, 3.8) is 0 Å². The Morgan fingerprint density at radius 1 is 1.39 bits per heavy atom. The van der Waals surface area contributed by atoms with E-state index in [1.807, 2.05) is 6.92 Å². The van der Waals surface area contributed by atoms with E-state index in [1.54, 1.807) is 12.3 Å². The summed E-state index contributed by atoms with van der Waals surface area (Å²) in [7, 11) is 0. The first-order valence-corrected chi connectivity index (χ1v) is 5.28. The predicted octanol–water partition coefficient (Wildman–Crippen LogP) is 2.97. The summed E-state index contributed by atoms with van der Waals surface area (Å²) in [6.07, 6.45) is 3.16. The van der Waals surface area contributed by atoms with Gasteiger partial charge in [-0.3, -0.25) is 4.98 Å². The van der Waals surface area contributed by atoms with Crippen LogP contribution < -0.4 is 5.32 Å². The van der Waals surface area contributed by atoms with Gasteiger partial charge < -0.3 is 10.4 Å². The standard InChI is InChI=1S/C13H11FN2O2/c1-8-5-9(7-15-6-8)16-12-10(13(17)18)3-2-4-11(12)14/h2-7,16H,1H3,(H,17,18). The van der Waals surface area contributed by atoms with Crippen LogP contribution in [-0.2, 0) is 0 Å². The topological polar surface area (TPSA) is 62.2 Å². The fourth-order valence-corrected chi connectivity index (χ4v) is 1.60. The van der Waals surface area contributed by atoms with Gasteiger partial charge >= 0.3 is 5.97 Å². The number of hydrogen-bond acceptors (Lipinski definition) is 3. The number of nitrogens with zero attached hydrogens (tertiary/aromatic N) is 1. The molecule has 1 heterocycles. The lowest BCUT2D eigenvalue weighted by Crippen LogP contribution is -2.05. The number of para-hydroxylation sites is 1. The zero-order valence-electron chi connectivity index (χ0n) is 9.64. The van der Waals surface area contributed by atoms with Gasteiger partial charge in [0.05, 0.1) is 23.1 Å². The number of carbonyl (C=O) groups is 1. The summed E-state index contributed by atoms with van der Waals surface area (Å²) >= 11 is 0. The van der Waals surface area contributed by atoms with Gasteiger partial charge in [0, 0.05) is 6.20 Å². The molecule has 5 heteroatoms. The fraction of sp³-hybridized carbons (Fsp3) is 0.0769. The first-order valence-electron chi connectivity index (χ1n) is 5.28.